The number of esters is 2. The normalized spacial score (nSPS) is 10.5. The topological polar surface area (TPSA) is 52.6 Å². The minimum atomic E-state index is -0.492. The summed E-state index contributed by atoms with van der Waals surface area (Å²) in [7, 11) is 0. The van der Waals surface area contributed by atoms with Gasteiger partial charge in [0.05, 0.1) is 24.3 Å². The third kappa shape index (κ3) is 5.51. The van der Waals surface area contributed by atoms with Crippen LogP contribution in [0.3, 0.4) is 0 Å². The van der Waals surface area contributed by atoms with Gasteiger partial charge in [0.15, 0.2) is 0 Å². The first kappa shape index (κ1) is 18.2. The second-order valence-electron chi connectivity index (χ2n) is 5.31. The summed E-state index contributed by atoms with van der Waals surface area (Å²) in [5.41, 5.74) is 0.532. The molecule has 22 heavy (non-hydrogen) atoms. The SMILES string of the molecule is CCCC(CCC)COC(=O)c1ccccc1C(=O)OCC. The van der Waals surface area contributed by atoms with E-state index >= 15 is 0 Å². The highest BCUT2D eigenvalue weighted by Gasteiger charge is 2.19. The molecule has 4 heteroatoms. The summed E-state index contributed by atoms with van der Waals surface area (Å²) < 4.78 is 10.4. The highest BCUT2D eigenvalue weighted by molar-refractivity contribution is 6.03. The van der Waals surface area contributed by atoms with Gasteiger partial charge in [0.1, 0.15) is 0 Å². The van der Waals surface area contributed by atoms with Crippen LogP contribution in [0.4, 0.5) is 0 Å². The Morgan fingerprint density at radius 2 is 1.41 bits per heavy atom. The van der Waals surface area contributed by atoms with Gasteiger partial charge >= 0.3 is 11.9 Å². The third-order valence-electron chi connectivity index (χ3n) is 3.49. The number of carbonyl (C=O) groups is 2. The lowest BCUT2D eigenvalue weighted by atomic mass is 9.99. The van der Waals surface area contributed by atoms with Crippen molar-refractivity contribution in [3.8, 4) is 0 Å². The van der Waals surface area contributed by atoms with Crippen molar-refractivity contribution < 1.29 is 19.1 Å². The van der Waals surface area contributed by atoms with Gasteiger partial charge in [0, 0.05) is 0 Å². The van der Waals surface area contributed by atoms with Crippen LogP contribution < -0.4 is 0 Å². The van der Waals surface area contributed by atoms with Crippen LogP contribution in [0.2, 0.25) is 0 Å². The number of hydrogen-bond donors (Lipinski definition) is 0. The van der Waals surface area contributed by atoms with Crippen LogP contribution in [-0.4, -0.2) is 25.2 Å². The summed E-state index contributed by atoms with van der Waals surface area (Å²) in [6.07, 6.45) is 4.23. The molecule has 0 saturated heterocycles. The highest BCUT2D eigenvalue weighted by atomic mass is 16.5. The third-order valence-corrected chi connectivity index (χ3v) is 3.49. The lowest BCUT2D eigenvalue weighted by molar-refractivity contribution is 0.0406. The van der Waals surface area contributed by atoms with Gasteiger partial charge in [0.2, 0.25) is 0 Å². The zero-order valence-corrected chi connectivity index (χ0v) is 13.8. The number of rotatable bonds is 9. The predicted octanol–water partition coefficient (Wildman–Crippen LogP) is 4.24. The van der Waals surface area contributed by atoms with E-state index in [-0.39, 0.29) is 17.7 Å². The second-order valence-corrected chi connectivity index (χ2v) is 5.31. The Kier molecular flexibility index (Phi) is 8.26. The molecule has 4 nitrogen and oxygen atoms in total. The van der Waals surface area contributed by atoms with E-state index in [1.54, 1.807) is 31.2 Å². The zero-order chi connectivity index (χ0) is 16.4. The highest BCUT2D eigenvalue weighted by Crippen LogP contribution is 2.16. The van der Waals surface area contributed by atoms with Crippen molar-refractivity contribution in [2.45, 2.75) is 46.5 Å². The molecule has 0 unspecified atom stereocenters. The predicted molar refractivity (Wildman–Crippen MR) is 86.0 cm³/mol. The van der Waals surface area contributed by atoms with Crippen LogP contribution in [0.1, 0.15) is 67.2 Å². The monoisotopic (exact) mass is 306 g/mol. The van der Waals surface area contributed by atoms with Crippen molar-refractivity contribution >= 4 is 11.9 Å². The molecule has 0 aliphatic heterocycles. The molecule has 0 aliphatic rings. The molecule has 0 amide bonds. The fourth-order valence-corrected chi connectivity index (χ4v) is 2.45. The van der Waals surface area contributed by atoms with E-state index in [2.05, 4.69) is 13.8 Å². The molecule has 1 rings (SSSR count). The van der Waals surface area contributed by atoms with E-state index < -0.39 is 11.9 Å². The molecule has 1 aromatic carbocycles. The van der Waals surface area contributed by atoms with E-state index in [4.69, 9.17) is 9.47 Å². The first-order valence-electron chi connectivity index (χ1n) is 8.07. The lowest BCUT2D eigenvalue weighted by Crippen LogP contribution is -2.17. The maximum atomic E-state index is 12.3. The minimum absolute atomic E-state index is 0.261. The number of hydrogen-bond acceptors (Lipinski definition) is 4. The largest absolute Gasteiger partial charge is 0.462 e. The zero-order valence-electron chi connectivity index (χ0n) is 13.8. The Bertz CT molecular complexity index is 476. The quantitative estimate of drug-likeness (QED) is 0.640. The average Bonchev–Trinajstić information content (AvgIpc) is 2.53. The maximum Gasteiger partial charge on any atom is 0.339 e. The summed E-state index contributed by atoms with van der Waals surface area (Å²) in [5, 5.41) is 0. The maximum absolute atomic E-state index is 12.3. The van der Waals surface area contributed by atoms with Gasteiger partial charge in [-0.3, -0.25) is 0 Å². The molecule has 0 aromatic heterocycles. The van der Waals surface area contributed by atoms with Gasteiger partial charge in [0.25, 0.3) is 0 Å². The van der Waals surface area contributed by atoms with Gasteiger partial charge in [-0.15, -0.1) is 0 Å². The van der Waals surface area contributed by atoms with E-state index in [0.29, 0.717) is 12.5 Å². The second kappa shape index (κ2) is 9.98. The van der Waals surface area contributed by atoms with Gasteiger partial charge in [-0.1, -0.05) is 38.8 Å². The fourth-order valence-electron chi connectivity index (χ4n) is 2.45. The van der Waals surface area contributed by atoms with Crippen LogP contribution in [0.15, 0.2) is 24.3 Å². The average molecular weight is 306 g/mol. The lowest BCUT2D eigenvalue weighted by Gasteiger charge is -2.16. The molecule has 0 N–H and O–H groups in total. The Hall–Kier alpha value is -1.84. The Morgan fingerprint density at radius 3 is 1.86 bits per heavy atom. The van der Waals surface area contributed by atoms with Crippen LogP contribution in [0.5, 0.6) is 0 Å². The first-order valence-corrected chi connectivity index (χ1v) is 8.07. The molecule has 0 saturated carbocycles. The van der Waals surface area contributed by atoms with Crippen molar-refractivity contribution in [1.29, 1.82) is 0 Å². The fraction of sp³-hybridized carbons (Fsp3) is 0.556. The Morgan fingerprint density at radius 1 is 0.909 bits per heavy atom. The number of benzene rings is 1. The van der Waals surface area contributed by atoms with Gasteiger partial charge in [-0.2, -0.15) is 0 Å². The minimum Gasteiger partial charge on any atom is -0.462 e. The molecule has 1 aromatic rings. The molecule has 0 heterocycles. The van der Waals surface area contributed by atoms with Crippen LogP contribution in [-0.2, 0) is 9.47 Å². The molecule has 122 valence electrons. The summed E-state index contributed by atoms with van der Waals surface area (Å²) in [6.45, 7) is 6.66. The summed E-state index contributed by atoms with van der Waals surface area (Å²) in [4.78, 5) is 24.1. The van der Waals surface area contributed by atoms with Gasteiger partial charge in [-0.05, 0) is 37.8 Å². The summed E-state index contributed by atoms with van der Waals surface area (Å²) in [5.74, 6) is -0.566. The van der Waals surface area contributed by atoms with E-state index in [9.17, 15) is 9.59 Å². The van der Waals surface area contributed by atoms with E-state index in [1.165, 1.54) is 0 Å². The standard InChI is InChI=1S/C18H26O4/c1-4-9-14(10-5-2)13-22-18(20)16-12-8-7-11-15(16)17(19)21-6-3/h7-8,11-12,14H,4-6,9-10,13H2,1-3H3. The Balaban J connectivity index is 2.74. The number of carbonyl (C=O) groups excluding carboxylic acids is 2. The summed E-state index contributed by atoms with van der Waals surface area (Å²) in [6, 6.07) is 6.61. The first-order chi connectivity index (χ1) is 10.6. The van der Waals surface area contributed by atoms with Crippen molar-refractivity contribution in [3.05, 3.63) is 35.4 Å². The van der Waals surface area contributed by atoms with E-state index in [0.717, 1.165) is 25.7 Å². The van der Waals surface area contributed by atoms with Gasteiger partial charge in [-0.25, -0.2) is 9.59 Å². The van der Waals surface area contributed by atoms with Crippen LogP contribution in [0, 0.1) is 5.92 Å². The van der Waals surface area contributed by atoms with E-state index in [1.807, 2.05) is 0 Å². The molecule has 0 bridgehead atoms. The smallest absolute Gasteiger partial charge is 0.339 e. The van der Waals surface area contributed by atoms with Crippen molar-refractivity contribution in [1.82, 2.24) is 0 Å². The van der Waals surface area contributed by atoms with Gasteiger partial charge < -0.3 is 9.47 Å². The van der Waals surface area contributed by atoms with Crippen LogP contribution >= 0.6 is 0 Å². The molecule has 0 aliphatic carbocycles. The molecular weight excluding hydrogens is 280 g/mol. The molecular formula is C18H26O4. The molecule has 0 fully saturated rings. The van der Waals surface area contributed by atoms with Crippen molar-refractivity contribution in [3.63, 3.8) is 0 Å². The van der Waals surface area contributed by atoms with Crippen LogP contribution in [0.25, 0.3) is 0 Å². The summed E-state index contributed by atoms with van der Waals surface area (Å²) >= 11 is 0. The van der Waals surface area contributed by atoms with Crippen molar-refractivity contribution in [2.24, 2.45) is 5.92 Å². The number of ether oxygens (including phenoxy) is 2. The van der Waals surface area contributed by atoms with Crippen molar-refractivity contribution in [2.75, 3.05) is 13.2 Å². The Labute approximate surface area is 132 Å². The molecule has 0 spiro atoms. The molecule has 0 atom stereocenters. The molecule has 0 radical (unpaired) electrons.